The molecule has 0 aliphatic heterocycles. The number of benzene rings is 1. The van der Waals surface area contributed by atoms with E-state index in [9.17, 15) is 0 Å². The Labute approximate surface area is 172 Å². The van der Waals surface area contributed by atoms with Crippen LogP contribution in [0.2, 0.25) is 5.02 Å². The molecule has 136 valence electrons. The monoisotopic (exact) mass is 473 g/mol. The number of hydrogen-bond acceptors (Lipinski definition) is 3. The Morgan fingerprint density at radius 2 is 1.80 bits per heavy atom. The number of hydrogen-bond donors (Lipinski definition) is 1. The van der Waals surface area contributed by atoms with Crippen molar-refractivity contribution in [1.29, 1.82) is 0 Å². The van der Waals surface area contributed by atoms with E-state index in [1.54, 1.807) is 13.2 Å². The average molecular weight is 474 g/mol. The molecule has 25 heavy (non-hydrogen) atoms. The Kier molecular flexibility index (Phi) is 8.99. The lowest BCUT2D eigenvalue weighted by Crippen LogP contribution is -2.38. The van der Waals surface area contributed by atoms with E-state index in [1.165, 1.54) is 0 Å². The van der Waals surface area contributed by atoms with Crippen molar-refractivity contribution in [2.45, 2.75) is 13.1 Å². The summed E-state index contributed by atoms with van der Waals surface area (Å²) in [5.74, 6) is 1.76. The molecular formula is C18H25ClIN5. The molecule has 1 heterocycles. The van der Waals surface area contributed by atoms with Crippen LogP contribution in [0.15, 0.2) is 47.6 Å². The fourth-order valence-electron chi connectivity index (χ4n) is 2.49. The molecule has 0 saturated heterocycles. The third-order valence-electron chi connectivity index (χ3n) is 3.67. The first-order valence-corrected chi connectivity index (χ1v) is 8.17. The van der Waals surface area contributed by atoms with Gasteiger partial charge < -0.3 is 15.1 Å². The fraction of sp³-hybridized carbons (Fsp3) is 0.333. The minimum absolute atomic E-state index is 0. The van der Waals surface area contributed by atoms with E-state index >= 15 is 0 Å². The molecular weight excluding hydrogens is 449 g/mol. The lowest BCUT2D eigenvalue weighted by atomic mass is 10.2. The van der Waals surface area contributed by atoms with E-state index in [1.807, 2.05) is 61.3 Å². The van der Waals surface area contributed by atoms with Crippen LogP contribution in [0.4, 0.5) is 5.82 Å². The van der Waals surface area contributed by atoms with Crippen molar-refractivity contribution in [3.05, 3.63) is 58.7 Å². The number of nitrogens with one attached hydrogen (secondary N) is 1. The largest absolute Gasteiger partial charge is 0.362 e. The van der Waals surface area contributed by atoms with Gasteiger partial charge in [0.2, 0.25) is 0 Å². The summed E-state index contributed by atoms with van der Waals surface area (Å²) in [6.07, 6.45) is 1.80. The average Bonchev–Trinajstić information content (AvgIpc) is 2.57. The van der Waals surface area contributed by atoms with Crippen LogP contribution in [0.25, 0.3) is 0 Å². The molecule has 0 atom stereocenters. The first kappa shape index (κ1) is 21.5. The summed E-state index contributed by atoms with van der Waals surface area (Å²) < 4.78 is 0. The Bertz CT molecular complexity index is 705. The summed E-state index contributed by atoms with van der Waals surface area (Å²) in [4.78, 5) is 12.8. The Balaban J connectivity index is 0.00000312. The normalized spacial score (nSPS) is 10.8. The second-order valence-electron chi connectivity index (χ2n) is 5.73. The van der Waals surface area contributed by atoms with E-state index in [2.05, 4.69) is 21.4 Å². The van der Waals surface area contributed by atoms with Gasteiger partial charge in [-0.25, -0.2) is 4.98 Å². The number of rotatable bonds is 5. The predicted molar refractivity (Wildman–Crippen MR) is 117 cm³/mol. The van der Waals surface area contributed by atoms with Crippen LogP contribution in [0, 0.1) is 0 Å². The Morgan fingerprint density at radius 3 is 2.44 bits per heavy atom. The van der Waals surface area contributed by atoms with Crippen LogP contribution in [-0.2, 0) is 13.1 Å². The van der Waals surface area contributed by atoms with Crippen molar-refractivity contribution in [2.75, 3.05) is 33.1 Å². The number of guanidine groups is 1. The SMILES string of the molecule is CN=C(NCc1cccnc1N(C)C)N(C)Cc1ccccc1Cl.I. The van der Waals surface area contributed by atoms with Gasteiger partial charge in [-0.1, -0.05) is 35.9 Å². The number of halogens is 2. The zero-order valence-corrected chi connectivity index (χ0v) is 18.1. The molecule has 5 nitrogen and oxygen atoms in total. The summed E-state index contributed by atoms with van der Waals surface area (Å²) in [6.45, 7) is 1.34. The van der Waals surface area contributed by atoms with Gasteiger partial charge in [0, 0.05) is 58.1 Å². The fourth-order valence-corrected chi connectivity index (χ4v) is 2.68. The van der Waals surface area contributed by atoms with Crippen LogP contribution in [0.3, 0.4) is 0 Å². The van der Waals surface area contributed by atoms with Crippen LogP contribution in [0.1, 0.15) is 11.1 Å². The highest BCUT2D eigenvalue weighted by atomic mass is 127. The molecule has 0 aliphatic rings. The van der Waals surface area contributed by atoms with E-state index in [0.717, 1.165) is 27.9 Å². The molecule has 7 heteroatoms. The minimum atomic E-state index is 0. The molecule has 0 saturated carbocycles. The van der Waals surface area contributed by atoms with Gasteiger partial charge in [-0.2, -0.15) is 0 Å². The van der Waals surface area contributed by atoms with Crippen LogP contribution < -0.4 is 10.2 Å². The predicted octanol–water partition coefficient (Wildman–Crippen LogP) is 3.63. The van der Waals surface area contributed by atoms with Gasteiger partial charge in [0.1, 0.15) is 5.82 Å². The third kappa shape index (κ3) is 6.04. The topological polar surface area (TPSA) is 43.8 Å². The van der Waals surface area contributed by atoms with E-state index < -0.39 is 0 Å². The van der Waals surface area contributed by atoms with Crippen molar-refractivity contribution in [2.24, 2.45) is 4.99 Å². The summed E-state index contributed by atoms with van der Waals surface area (Å²) in [6, 6.07) is 11.9. The zero-order valence-electron chi connectivity index (χ0n) is 15.0. The maximum Gasteiger partial charge on any atom is 0.193 e. The first-order chi connectivity index (χ1) is 11.5. The van der Waals surface area contributed by atoms with Crippen LogP contribution in [-0.4, -0.2) is 44.0 Å². The molecule has 2 rings (SSSR count). The van der Waals surface area contributed by atoms with Gasteiger partial charge in [0.15, 0.2) is 5.96 Å². The maximum absolute atomic E-state index is 6.24. The summed E-state index contributed by atoms with van der Waals surface area (Å²) in [5.41, 5.74) is 2.19. The molecule has 0 fully saturated rings. The van der Waals surface area contributed by atoms with Gasteiger partial charge in [-0.15, -0.1) is 24.0 Å². The molecule has 0 radical (unpaired) electrons. The van der Waals surface area contributed by atoms with Crippen molar-refractivity contribution in [3.8, 4) is 0 Å². The summed E-state index contributed by atoms with van der Waals surface area (Å²) >= 11 is 6.24. The Hall–Kier alpha value is -1.54. The third-order valence-corrected chi connectivity index (χ3v) is 4.04. The quantitative estimate of drug-likeness (QED) is 0.409. The molecule has 1 aromatic heterocycles. The molecule has 0 aliphatic carbocycles. The van der Waals surface area contributed by atoms with Crippen molar-refractivity contribution in [1.82, 2.24) is 15.2 Å². The molecule has 1 aromatic carbocycles. The second kappa shape index (κ2) is 10.5. The highest BCUT2D eigenvalue weighted by Gasteiger charge is 2.10. The standard InChI is InChI=1S/C18H24ClN5.HI/c1-20-18(24(4)13-15-8-5-6-10-16(15)19)22-12-14-9-7-11-21-17(14)23(2)3;/h5-11H,12-13H2,1-4H3,(H,20,22);1H. The van der Waals surface area contributed by atoms with E-state index in [-0.39, 0.29) is 24.0 Å². The lowest BCUT2D eigenvalue weighted by Gasteiger charge is -2.23. The second-order valence-corrected chi connectivity index (χ2v) is 6.14. The molecule has 2 aromatic rings. The van der Waals surface area contributed by atoms with Gasteiger partial charge in [-0.05, 0) is 17.7 Å². The Morgan fingerprint density at radius 1 is 1.12 bits per heavy atom. The number of aliphatic imine (C=N–C) groups is 1. The van der Waals surface area contributed by atoms with Crippen LogP contribution in [0.5, 0.6) is 0 Å². The summed E-state index contributed by atoms with van der Waals surface area (Å²) in [5, 5.41) is 4.15. The first-order valence-electron chi connectivity index (χ1n) is 7.79. The van der Waals surface area contributed by atoms with E-state index in [0.29, 0.717) is 13.1 Å². The smallest absolute Gasteiger partial charge is 0.193 e. The molecule has 0 amide bonds. The molecule has 0 unspecified atom stereocenters. The minimum Gasteiger partial charge on any atom is -0.362 e. The molecule has 0 spiro atoms. The number of nitrogens with zero attached hydrogens (tertiary/aromatic N) is 4. The zero-order chi connectivity index (χ0) is 17.5. The maximum atomic E-state index is 6.24. The number of anilines is 1. The van der Waals surface area contributed by atoms with Gasteiger partial charge >= 0.3 is 0 Å². The lowest BCUT2D eigenvalue weighted by molar-refractivity contribution is 0.476. The van der Waals surface area contributed by atoms with Crippen molar-refractivity contribution in [3.63, 3.8) is 0 Å². The molecule has 1 N–H and O–H groups in total. The summed E-state index contributed by atoms with van der Waals surface area (Å²) in [7, 11) is 7.75. The molecule has 0 bridgehead atoms. The highest BCUT2D eigenvalue weighted by molar-refractivity contribution is 14.0. The number of aromatic nitrogens is 1. The van der Waals surface area contributed by atoms with Gasteiger partial charge in [-0.3, -0.25) is 4.99 Å². The van der Waals surface area contributed by atoms with Crippen molar-refractivity contribution < 1.29 is 0 Å². The number of pyridine rings is 1. The highest BCUT2D eigenvalue weighted by Crippen LogP contribution is 2.17. The van der Waals surface area contributed by atoms with Crippen molar-refractivity contribution >= 4 is 47.4 Å². The van der Waals surface area contributed by atoms with E-state index in [4.69, 9.17) is 11.6 Å². The van der Waals surface area contributed by atoms with Gasteiger partial charge in [0.05, 0.1) is 0 Å². The van der Waals surface area contributed by atoms with Gasteiger partial charge in [0.25, 0.3) is 0 Å². The van der Waals surface area contributed by atoms with Crippen LogP contribution >= 0.6 is 35.6 Å².